The van der Waals surface area contributed by atoms with Gasteiger partial charge in [-0.15, -0.1) is 10.2 Å². The van der Waals surface area contributed by atoms with Gasteiger partial charge in [0, 0.05) is 12.0 Å². The lowest BCUT2D eigenvalue weighted by atomic mass is 10.0. The molecule has 0 aliphatic heterocycles. The molecule has 0 spiro atoms. The molecule has 4 heteroatoms. The number of rotatable bonds is 3. The highest BCUT2D eigenvalue weighted by Gasteiger charge is 2.22. The van der Waals surface area contributed by atoms with Crippen molar-refractivity contribution >= 4 is 0 Å². The standard InChI is InChI=1S/C16H24N4/c1-11-6-7-12(2)13(8-11)9-14-18-19-15(10-17)20(14)16(3,4)5/h6-8H,9-10,17H2,1-5H3. The Morgan fingerprint density at radius 2 is 1.75 bits per heavy atom. The average Bonchev–Trinajstić information content (AvgIpc) is 2.76. The van der Waals surface area contributed by atoms with Crippen LogP contribution in [0.1, 0.15) is 49.1 Å². The first kappa shape index (κ1) is 14.7. The van der Waals surface area contributed by atoms with E-state index >= 15 is 0 Å². The van der Waals surface area contributed by atoms with Crippen molar-refractivity contribution < 1.29 is 0 Å². The van der Waals surface area contributed by atoms with Gasteiger partial charge in [0.1, 0.15) is 11.6 Å². The minimum atomic E-state index is -0.0642. The van der Waals surface area contributed by atoms with Crippen molar-refractivity contribution in [1.29, 1.82) is 0 Å². The van der Waals surface area contributed by atoms with Gasteiger partial charge in [0.15, 0.2) is 0 Å². The summed E-state index contributed by atoms with van der Waals surface area (Å²) in [6, 6.07) is 6.52. The third-order valence-corrected chi connectivity index (χ3v) is 3.50. The van der Waals surface area contributed by atoms with E-state index < -0.39 is 0 Å². The van der Waals surface area contributed by atoms with Crippen LogP contribution < -0.4 is 5.73 Å². The Morgan fingerprint density at radius 3 is 2.35 bits per heavy atom. The molecule has 0 bridgehead atoms. The van der Waals surface area contributed by atoms with E-state index in [1.807, 2.05) is 0 Å². The highest BCUT2D eigenvalue weighted by atomic mass is 15.3. The van der Waals surface area contributed by atoms with Gasteiger partial charge in [-0.3, -0.25) is 0 Å². The summed E-state index contributed by atoms with van der Waals surface area (Å²) in [7, 11) is 0. The molecule has 0 atom stereocenters. The van der Waals surface area contributed by atoms with Gasteiger partial charge in [-0.25, -0.2) is 0 Å². The van der Waals surface area contributed by atoms with Gasteiger partial charge in [-0.2, -0.15) is 0 Å². The van der Waals surface area contributed by atoms with Crippen molar-refractivity contribution in [2.24, 2.45) is 5.73 Å². The van der Waals surface area contributed by atoms with Crippen molar-refractivity contribution in [2.45, 2.75) is 53.1 Å². The summed E-state index contributed by atoms with van der Waals surface area (Å²) >= 11 is 0. The average molecular weight is 272 g/mol. The lowest BCUT2D eigenvalue weighted by molar-refractivity contribution is 0.371. The molecule has 4 nitrogen and oxygen atoms in total. The maximum atomic E-state index is 5.78. The van der Waals surface area contributed by atoms with Crippen molar-refractivity contribution in [2.75, 3.05) is 0 Å². The summed E-state index contributed by atoms with van der Waals surface area (Å²) < 4.78 is 2.16. The van der Waals surface area contributed by atoms with Crippen molar-refractivity contribution in [3.05, 3.63) is 46.5 Å². The molecule has 0 aliphatic carbocycles. The van der Waals surface area contributed by atoms with E-state index in [9.17, 15) is 0 Å². The van der Waals surface area contributed by atoms with Crippen molar-refractivity contribution in [3.8, 4) is 0 Å². The Balaban J connectivity index is 2.44. The molecule has 0 saturated heterocycles. The van der Waals surface area contributed by atoms with E-state index in [1.165, 1.54) is 16.7 Å². The fraction of sp³-hybridized carbons (Fsp3) is 0.500. The number of aryl methyl sites for hydroxylation is 2. The van der Waals surface area contributed by atoms with Gasteiger partial charge in [0.2, 0.25) is 0 Å². The molecule has 0 saturated carbocycles. The van der Waals surface area contributed by atoms with E-state index in [-0.39, 0.29) is 5.54 Å². The van der Waals surface area contributed by atoms with Crippen LogP contribution in [0, 0.1) is 13.8 Å². The monoisotopic (exact) mass is 272 g/mol. The van der Waals surface area contributed by atoms with Crippen molar-refractivity contribution in [1.82, 2.24) is 14.8 Å². The minimum absolute atomic E-state index is 0.0642. The largest absolute Gasteiger partial charge is 0.324 e. The van der Waals surface area contributed by atoms with E-state index in [0.717, 1.165) is 18.1 Å². The fourth-order valence-electron chi connectivity index (χ4n) is 2.54. The highest BCUT2D eigenvalue weighted by Crippen LogP contribution is 2.22. The van der Waals surface area contributed by atoms with E-state index in [2.05, 4.69) is 67.6 Å². The SMILES string of the molecule is Cc1ccc(C)c(Cc2nnc(CN)n2C(C)(C)C)c1. The molecule has 108 valence electrons. The molecule has 0 amide bonds. The lowest BCUT2D eigenvalue weighted by Gasteiger charge is -2.25. The first-order valence-corrected chi connectivity index (χ1v) is 7.02. The second kappa shape index (κ2) is 5.37. The summed E-state index contributed by atoms with van der Waals surface area (Å²) in [5.74, 6) is 1.82. The molecule has 0 radical (unpaired) electrons. The number of aromatic nitrogens is 3. The molecule has 2 aromatic rings. The first-order valence-electron chi connectivity index (χ1n) is 7.02. The maximum absolute atomic E-state index is 5.78. The predicted molar refractivity (Wildman–Crippen MR) is 81.6 cm³/mol. The van der Waals surface area contributed by atoms with Crippen LogP contribution in [0.15, 0.2) is 18.2 Å². The lowest BCUT2D eigenvalue weighted by Crippen LogP contribution is -2.27. The van der Waals surface area contributed by atoms with Crippen LogP contribution in [-0.2, 0) is 18.5 Å². The van der Waals surface area contributed by atoms with Crippen LogP contribution in [0.2, 0.25) is 0 Å². The fourth-order valence-corrected chi connectivity index (χ4v) is 2.54. The third kappa shape index (κ3) is 2.90. The zero-order valence-electron chi connectivity index (χ0n) is 13.1. The van der Waals surface area contributed by atoms with Crippen molar-refractivity contribution in [3.63, 3.8) is 0 Å². The molecular weight excluding hydrogens is 248 g/mol. The molecule has 2 N–H and O–H groups in total. The second-order valence-electron chi connectivity index (χ2n) is 6.35. The molecule has 0 unspecified atom stereocenters. The first-order chi connectivity index (χ1) is 9.32. The molecule has 1 heterocycles. The summed E-state index contributed by atoms with van der Waals surface area (Å²) in [5.41, 5.74) is 9.57. The number of benzene rings is 1. The molecular formula is C16H24N4. The van der Waals surface area contributed by atoms with Crippen LogP contribution in [0.3, 0.4) is 0 Å². The molecule has 0 fully saturated rings. The van der Waals surface area contributed by atoms with Gasteiger partial charge < -0.3 is 10.3 Å². The van der Waals surface area contributed by atoms with Crippen LogP contribution in [0.5, 0.6) is 0 Å². The normalized spacial score (nSPS) is 11.9. The number of hydrogen-bond donors (Lipinski definition) is 1. The van der Waals surface area contributed by atoms with Crippen LogP contribution >= 0.6 is 0 Å². The van der Waals surface area contributed by atoms with Gasteiger partial charge >= 0.3 is 0 Å². The van der Waals surface area contributed by atoms with Crippen LogP contribution in [0.4, 0.5) is 0 Å². The number of hydrogen-bond acceptors (Lipinski definition) is 3. The molecule has 20 heavy (non-hydrogen) atoms. The Labute approximate surface area is 121 Å². The topological polar surface area (TPSA) is 56.7 Å². The molecule has 2 rings (SSSR count). The maximum Gasteiger partial charge on any atom is 0.147 e. The summed E-state index contributed by atoms with van der Waals surface area (Å²) in [6.45, 7) is 11.1. The third-order valence-electron chi connectivity index (χ3n) is 3.50. The number of nitrogens with zero attached hydrogens (tertiary/aromatic N) is 3. The van der Waals surface area contributed by atoms with Gasteiger partial charge in [0.05, 0.1) is 6.54 Å². The summed E-state index contributed by atoms with van der Waals surface area (Å²) in [5, 5.41) is 8.59. The number of nitrogens with two attached hydrogens (primary N) is 1. The van der Waals surface area contributed by atoms with Crippen LogP contribution in [0.25, 0.3) is 0 Å². The summed E-state index contributed by atoms with van der Waals surface area (Å²) in [6.07, 6.45) is 0.789. The highest BCUT2D eigenvalue weighted by molar-refractivity contribution is 5.32. The Kier molecular flexibility index (Phi) is 3.95. The molecule has 1 aromatic carbocycles. The quantitative estimate of drug-likeness (QED) is 0.934. The Morgan fingerprint density at radius 1 is 1.10 bits per heavy atom. The van der Waals surface area contributed by atoms with Gasteiger partial charge in [-0.05, 0) is 45.7 Å². The minimum Gasteiger partial charge on any atom is -0.324 e. The van der Waals surface area contributed by atoms with Gasteiger partial charge in [-0.1, -0.05) is 23.8 Å². The predicted octanol–water partition coefficient (Wildman–Crippen LogP) is 2.70. The van der Waals surface area contributed by atoms with E-state index in [1.54, 1.807) is 0 Å². The smallest absolute Gasteiger partial charge is 0.147 e. The zero-order chi connectivity index (χ0) is 14.9. The summed E-state index contributed by atoms with van der Waals surface area (Å²) in [4.78, 5) is 0. The molecule has 0 aliphatic rings. The Bertz CT molecular complexity index is 605. The van der Waals surface area contributed by atoms with Crippen LogP contribution in [-0.4, -0.2) is 14.8 Å². The zero-order valence-corrected chi connectivity index (χ0v) is 13.1. The second-order valence-corrected chi connectivity index (χ2v) is 6.35. The van der Waals surface area contributed by atoms with E-state index in [0.29, 0.717) is 6.54 Å². The van der Waals surface area contributed by atoms with E-state index in [4.69, 9.17) is 5.73 Å². The molecule has 1 aromatic heterocycles. The van der Waals surface area contributed by atoms with Gasteiger partial charge in [0.25, 0.3) is 0 Å². The Hall–Kier alpha value is -1.68.